The van der Waals surface area contributed by atoms with Crippen molar-refractivity contribution in [2.24, 2.45) is 0 Å². The van der Waals surface area contributed by atoms with Crippen LogP contribution in [-0.2, 0) is 17.4 Å². The highest BCUT2D eigenvalue weighted by molar-refractivity contribution is 6.32. The van der Waals surface area contributed by atoms with Crippen LogP contribution in [0.15, 0.2) is 42.5 Å². The average molecular weight is 433 g/mol. The zero-order valence-electron chi connectivity index (χ0n) is 16.0. The van der Waals surface area contributed by atoms with Gasteiger partial charge in [-0.1, -0.05) is 17.7 Å². The molecule has 0 aliphatic heterocycles. The Morgan fingerprint density at radius 1 is 1.23 bits per heavy atom. The molecule has 30 heavy (non-hydrogen) atoms. The fourth-order valence-corrected chi connectivity index (χ4v) is 3.27. The van der Waals surface area contributed by atoms with E-state index in [-0.39, 0.29) is 23.0 Å². The van der Waals surface area contributed by atoms with Crippen molar-refractivity contribution in [1.82, 2.24) is 9.78 Å². The van der Waals surface area contributed by atoms with Gasteiger partial charge in [-0.15, -0.1) is 0 Å². The number of carbonyl (C=O) groups is 1. The molecule has 0 bridgehead atoms. The number of carbonyl (C=O) groups excluding carboxylic acids is 1. The lowest BCUT2D eigenvalue weighted by atomic mass is 10.1. The van der Waals surface area contributed by atoms with Crippen molar-refractivity contribution in [3.63, 3.8) is 0 Å². The molecule has 0 atom stereocenters. The largest absolute Gasteiger partial charge is 0.416 e. The number of benzene rings is 2. The average Bonchev–Trinajstić information content (AvgIpc) is 2.96. The number of hydrogen-bond acceptors (Lipinski definition) is 3. The highest BCUT2D eigenvalue weighted by atomic mass is 35.5. The van der Waals surface area contributed by atoms with Crippen LogP contribution in [0.1, 0.15) is 28.1 Å². The number of nitrogens with zero attached hydrogens (tertiary/aromatic N) is 3. The van der Waals surface area contributed by atoms with E-state index in [1.807, 2.05) is 6.07 Å². The third-order valence-electron chi connectivity index (χ3n) is 4.57. The SMILES string of the molecule is Cc1nn(-c2cccc(C(F)(F)F)c2)c(C)c1CC(=O)Nc1ccc(C#N)c(Cl)c1. The van der Waals surface area contributed by atoms with E-state index in [9.17, 15) is 18.0 Å². The lowest BCUT2D eigenvalue weighted by Crippen LogP contribution is -2.15. The molecule has 3 aromatic rings. The number of anilines is 1. The predicted molar refractivity (Wildman–Crippen MR) is 107 cm³/mol. The minimum atomic E-state index is -4.46. The van der Waals surface area contributed by atoms with Crippen LogP contribution in [0.5, 0.6) is 0 Å². The van der Waals surface area contributed by atoms with Crippen molar-refractivity contribution in [3.8, 4) is 11.8 Å². The van der Waals surface area contributed by atoms with Gasteiger partial charge >= 0.3 is 6.18 Å². The summed E-state index contributed by atoms with van der Waals surface area (Å²) in [4.78, 5) is 12.5. The number of aromatic nitrogens is 2. The van der Waals surface area contributed by atoms with Crippen LogP contribution in [-0.4, -0.2) is 15.7 Å². The van der Waals surface area contributed by atoms with Gasteiger partial charge in [-0.25, -0.2) is 4.68 Å². The number of aryl methyl sites for hydroxylation is 1. The van der Waals surface area contributed by atoms with Gasteiger partial charge < -0.3 is 5.32 Å². The second-order valence-electron chi connectivity index (χ2n) is 6.64. The maximum atomic E-state index is 13.0. The van der Waals surface area contributed by atoms with Gasteiger partial charge in [0, 0.05) is 16.9 Å². The van der Waals surface area contributed by atoms with Crippen LogP contribution >= 0.6 is 11.6 Å². The molecule has 0 unspecified atom stereocenters. The zero-order valence-corrected chi connectivity index (χ0v) is 16.8. The van der Waals surface area contributed by atoms with Gasteiger partial charge in [0.1, 0.15) is 6.07 Å². The van der Waals surface area contributed by atoms with E-state index >= 15 is 0 Å². The smallest absolute Gasteiger partial charge is 0.326 e. The summed E-state index contributed by atoms with van der Waals surface area (Å²) in [6.45, 7) is 3.39. The van der Waals surface area contributed by atoms with Crippen molar-refractivity contribution in [2.75, 3.05) is 5.32 Å². The molecule has 1 N–H and O–H groups in total. The van der Waals surface area contributed by atoms with E-state index in [0.29, 0.717) is 28.2 Å². The molecular weight excluding hydrogens is 417 g/mol. The predicted octanol–water partition coefficient (Wildman–Crippen LogP) is 5.21. The Hall–Kier alpha value is -3.31. The maximum absolute atomic E-state index is 13.0. The first kappa shape index (κ1) is 21.4. The van der Waals surface area contributed by atoms with Crippen molar-refractivity contribution in [3.05, 3.63) is 75.6 Å². The van der Waals surface area contributed by atoms with Crippen LogP contribution in [0.2, 0.25) is 5.02 Å². The van der Waals surface area contributed by atoms with Gasteiger partial charge in [-0.05, 0) is 50.2 Å². The second kappa shape index (κ2) is 8.20. The number of alkyl halides is 3. The maximum Gasteiger partial charge on any atom is 0.416 e. The van der Waals surface area contributed by atoms with Crippen LogP contribution < -0.4 is 5.32 Å². The number of rotatable bonds is 4. The zero-order chi connectivity index (χ0) is 22.1. The summed E-state index contributed by atoms with van der Waals surface area (Å²) in [6.07, 6.45) is -4.48. The topological polar surface area (TPSA) is 70.7 Å². The fraction of sp³-hybridized carbons (Fsp3) is 0.190. The minimum Gasteiger partial charge on any atom is -0.326 e. The quantitative estimate of drug-likeness (QED) is 0.614. The van der Waals surface area contributed by atoms with Crippen molar-refractivity contribution in [2.45, 2.75) is 26.4 Å². The van der Waals surface area contributed by atoms with Gasteiger partial charge in [0.15, 0.2) is 0 Å². The molecule has 0 saturated heterocycles. The number of hydrogen-bond donors (Lipinski definition) is 1. The summed E-state index contributed by atoms with van der Waals surface area (Å²) in [6, 6.07) is 11.3. The first-order chi connectivity index (χ1) is 14.1. The molecule has 0 fully saturated rings. The summed E-state index contributed by atoms with van der Waals surface area (Å²) in [5.74, 6) is -0.342. The molecule has 0 aliphatic carbocycles. The summed E-state index contributed by atoms with van der Waals surface area (Å²) in [5.41, 5.74) is 1.94. The molecular formula is C21H16ClF3N4O. The lowest BCUT2D eigenvalue weighted by molar-refractivity contribution is -0.137. The molecule has 154 valence electrons. The van der Waals surface area contributed by atoms with E-state index in [2.05, 4.69) is 10.4 Å². The molecule has 1 amide bonds. The number of nitrogens with one attached hydrogen (secondary N) is 1. The van der Waals surface area contributed by atoms with Crippen LogP contribution in [0.3, 0.4) is 0 Å². The molecule has 0 radical (unpaired) electrons. The molecule has 1 aromatic heterocycles. The highest BCUT2D eigenvalue weighted by Gasteiger charge is 2.30. The summed E-state index contributed by atoms with van der Waals surface area (Å²) >= 11 is 5.97. The van der Waals surface area contributed by atoms with Gasteiger partial charge in [-0.2, -0.15) is 23.5 Å². The van der Waals surface area contributed by atoms with Crippen LogP contribution in [0.4, 0.5) is 18.9 Å². The first-order valence-corrected chi connectivity index (χ1v) is 9.20. The summed E-state index contributed by atoms with van der Waals surface area (Å²) in [5, 5.41) is 16.1. The van der Waals surface area contributed by atoms with E-state index in [4.69, 9.17) is 16.9 Å². The Morgan fingerprint density at radius 3 is 2.60 bits per heavy atom. The van der Waals surface area contributed by atoms with Gasteiger partial charge in [-0.3, -0.25) is 4.79 Å². The molecule has 0 saturated carbocycles. The summed E-state index contributed by atoms with van der Waals surface area (Å²) < 4.78 is 40.4. The van der Waals surface area contributed by atoms with Crippen LogP contribution in [0, 0.1) is 25.2 Å². The number of amides is 1. The molecule has 0 spiro atoms. The van der Waals surface area contributed by atoms with Crippen molar-refractivity contribution < 1.29 is 18.0 Å². The third kappa shape index (κ3) is 4.47. The van der Waals surface area contributed by atoms with Crippen LogP contribution in [0.25, 0.3) is 5.69 Å². The first-order valence-electron chi connectivity index (χ1n) is 8.82. The van der Waals surface area contributed by atoms with Crippen molar-refractivity contribution in [1.29, 1.82) is 5.26 Å². The molecule has 0 aliphatic rings. The van der Waals surface area contributed by atoms with Crippen molar-refractivity contribution >= 4 is 23.2 Å². The molecule has 2 aromatic carbocycles. The normalized spacial score (nSPS) is 11.2. The monoisotopic (exact) mass is 432 g/mol. The third-order valence-corrected chi connectivity index (χ3v) is 4.88. The van der Waals surface area contributed by atoms with E-state index in [1.54, 1.807) is 19.9 Å². The van der Waals surface area contributed by atoms with E-state index < -0.39 is 11.7 Å². The van der Waals surface area contributed by atoms with E-state index in [0.717, 1.165) is 12.1 Å². The Labute approximate surface area is 175 Å². The summed E-state index contributed by atoms with van der Waals surface area (Å²) in [7, 11) is 0. The highest BCUT2D eigenvalue weighted by Crippen LogP contribution is 2.31. The van der Waals surface area contributed by atoms with Gasteiger partial charge in [0.2, 0.25) is 5.91 Å². The Morgan fingerprint density at radius 2 is 1.97 bits per heavy atom. The fourth-order valence-electron chi connectivity index (χ4n) is 3.05. The molecule has 9 heteroatoms. The second-order valence-corrected chi connectivity index (χ2v) is 7.05. The lowest BCUT2D eigenvalue weighted by Gasteiger charge is -2.10. The Bertz CT molecular complexity index is 1160. The van der Waals surface area contributed by atoms with Gasteiger partial charge in [0.05, 0.1) is 34.0 Å². The molecule has 3 rings (SSSR count). The molecule has 5 nitrogen and oxygen atoms in total. The number of nitriles is 1. The molecule has 1 heterocycles. The minimum absolute atomic E-state index is 0.0196. The van der Waals surface area contributed by atoms with E-state index in [1.165, 1.54) is 28.9 Å². The Kier molecular flexibility index (Phi) is 5.85. The standard InChI is InChI=1S/C21H16ClF3N4O/c1-12-18(10-20(30)27-16-7-6-14(11-26)19(22)9-16)13(2)29(28-12)17-5-3-4-15(8-17)21(23,24)25/h3-9H,10H2,1-2H3,(H,27,30). The number of halogens is 4. The Balaban J connectivity index is 1.83. The van der Waals surface area contributed by atoms with Gasteiger partial charge in [0.25, 0.3) is 0 Å².